The number of benzene rings is 1. The second kappa shape index (κ2) is 5.86. The van der Waals surface area contributed by atoms with Crippen molar-refractivity contribution in [3.63, 3.8) is 0 Å². The van der Waals surface area contributed by atoms with E-state index >= 15 is 0 Å². The number of hydrogen-bond acceptors (Lipinski definition) is 4. The van der Waals surface area contributed by atoms with Crippen LogP contribution in [0.3, 0.4) is 0 Å². The first kappa shape index (κ1) is 13.6. The van der Waals surface area contributed by atoms with E-state index in [1.807, 2.05) is 37.3 Å². The first-order chi connectivity index (χ1) is 9.11. The largest absolute Gasteiger partial charge is 0.399 e. The Bertz CT molecular complexity index is 575. The number of anilines is 1. The van der Waals surface area contributed by atoms with Crippen molar-refractivity contribution in [1.82, 2.24) is 5.32 Å². The highest BCUT2D eigenvalue weighted by molar-refractivity contribution is 7.17. The molecule has 0 saturated carbocycles. The van der Waals surface area contributed by atoms with Crippen LogP contribution in [-0.4, -0.2) is 12.5 Å². The normalized spacial score (nSPS) is 10.6. The molecule has 2 rings (SSSR count). The average molecular weight is 275 g/mol. The van der Waals surface area contributed by atoms with Gasteiger partial charge < -0.3 is 16.8 Å². The molecule has 0 radical (unpaired) electrons. The number of carbonyl (C=O) groups is 1. The minimum absolute atomic E-state index is 0.375. The van der Waals surface area contributed by atoms with Crippen molar-refractivity contribution in [2.45, 2.75) is 13.5 Å². The van der Waals surface area contributed by atoms with E-state index in [0.29, 0.717) is 11.4 Å². The molecule has 0 aliphatic heterocycles. The van der Waals surface area contributed by atoms with Crippen LogP contribution in [0.2, 0.25) is 0 Å². The summed E-state index contributed by atoms with van der Waals surface area (Å²) in [5, 5.41) is 3.21. The second-order valence-electron chi connectivity index (χ2n) is 4.23. The molecule has 0 bridgehead atoms. The third-order valence-electron chi connectivity index (χ3n) is 2.79. The van der Waals surface area contributed by atoms with E-state index in [-0.39, 0.29) is 5.91 Å². The average Bonchev–Trinajstić information content (AvgIpc) is 2.81. The summed E-state index contributed by atoms with van der Waals surface area (Å²) in [5.41, 5.74) is 13.8. The maximum atomic E-state index is 11.5. The third kappa shape index (κ3) is 3.13. The molecule has 5 N–H and O–H groups in total. The number of nitrogen functional groups attached to an aromatic ring is 1. The lowest BCUT2D eigenvalue weighted by molar-refractivity contribution is 0.100. The topological polar surface area (TPSA) is 81.1 Å². The number of nitrogens with one attached hydrogen (secondary N) is 1. The third-order valence-corrected chi connectivity index (χ3v) is 4.03. The molecular weight excluding hydrogens is 258 g/mol. The standard InChI is InChI=1S/C14H17N3OS/c1-2-17-8-10-7-12(19-13(10)14(16)18)9-3-5-11(15)6-4-9/h3-7,17H,2,8,15H2,1H3,(H2,16,18). The fraction of sp³-hybridized carbons (Fsp3) is 0.214. The van der Waals surface area contributed by atoms with E-state index in [1.54, 1.807) is 0 Å². The Labute approximate surface area is 116 Å². The van der Waals surface area contributed by atoms with Crippen LogP contribution < -0.4 is 16.8 Å². The first-order valence-corrected chi connectivity index (χ1v) is 6.92. The van der Waals surface area contributed by atoms with Crippen LogP contribution in [0.4, 0.5) is 5.69 Å². The Hall–Kier alpha value is -1.85. The quantitative estimate of drug-likeness (QED) is 0.732. The summed E-state index contributed by atoms with van der Waals surface area (Å²) in [4.78, 5) is 13.1. The van der Waals surface area contributed by atoms with Gasteiger partial charge in [-0.15, -0.1) is 11.3 Å². The summed E-state index contributed by atoms with van der Waals surface area (Å²) in [6, 6.07) is 9.61. The predicted molar refractivity (Wildman–Crippen MR) is 80.1 cm³/mol. The molecule has 1 aromatic heterocycles. The first-order valence-electron chi connectivity index (χ1n) is 6.11. The van der Waals surface area contributed by atoms with Crippen LogP contribution in [0.5, 0.6) is 0 Å². The number of thiophene rings is 1. The second-order valence-corrected chi connectivity index (χ2v) is 5.28. The highest BCUT2D eigenvalue weighted by atomic mass is 32.1. The Kier molecular flexibility index (Phi) is 4.19. The van der Waals surface area contributed by atoms with Gasteiger partial charge in [0.05, 0.1) is 4.88 Å². The lowest BCUT2D eigenvalue weighted by Crippen LogP contribution is -2.16. The molecule has 100 valence electrons. The maximum Gasteiger partial charge on any atom is 0.259 e. The van der Waals surface area contributed by atoms with Gasteiger partial charge in [0.2, 0.25) is 0 Å². The van der Waals surface area contributed by atoms with Crippen molar-refractivity contribution in [1.29, 1.82) is 0 Å². The number of primary amides is 1. The molecule has 0 saturated heterocycles. The van der Waals surface area contributed by atoms with Gasteiger partial charge >= 0.3 is 0 Å². The van der Waals surface area contributed by atoms with Gasteiger partial charge in [0.1, 0.15) is 0 Å². The van der Waals surface area contributed by atoms with Crippen LogP contribution in [0.15, 0.2) is 30.3 Å². The number of rotatable bonds is 5. The van der Waals surface area contributed by atoms with Crippen LogP contribution in [0.25, 0.3) is 10.4 Å². The Morgan fingerprint density at radius 3 is 2.58 bits per heavy atom. The van der Waals surface area contributed by atoms with E-state index in [1.165, 1.54) is 11.3 Å². The minimum atomic E-state index is -0.375. The number of carbonyl (C=O) groups excluding carboxylic acids is 1. The fourth-order valence-corrected chi connectivity index (χ4v) is 2.86. The van der Waals surface area contributed by atoms with Crippen molar-refractivity contribution >= 4 is 22.9 Å². The molecule has 0 unspecified atom stereocenters. The molecule has 5 heteroatoms. The SMILES string of the molecule is CCNCc1cc(-c2ccc(N)cc2)sc1C(N)=O. The van der Waals surface area contributed by atoms with Crippen molar-refractivity contribution in [2.75, 3.05) is 12.3 Å². The lowest BCUT2D eigenvalue weighted by Gasteiger charge is -2.00. The molecule has 0 fully saturated rings. The maximum absolute atomic E-state index is 11.5. The summed E-state index contributed by atoms with van der Waals surface area (Å²) in [7, 11) is 0. The molecule has 0 spiro atoms. The zero-order valence-electron chi connectivity index (χ0n) is 10.8. The van der Waals surface area contributed by atoms with Gasteiger partial charge in [-0.1, -0.05) is 19.1 Å². The fourth-order valence-electron chi connectivity index (χ4n) is 1.82. The Morgan fingerprint density at radius 2 is 2.00 bits per heavy atom. The highest BCUT2D eigenvalue weighted by Gasteiger charge is 2.14. The molecule has 0 atom stereocenters. The van der Waals surface area contributed by atoms with Gasteiger partial charge in [-0.05, 0) is 35.9 Å². The van der Waals surface area contributed by atoms with Crippen LogP contribution in [0, 0.1) is 0 Å². The van der Waals surface area contributed by atoms with Crippen molar-refractivity contribution in [3.8, 4) is 10.4 Å². The monoisotopic (exact) mass is 275 g/mol. The summed E-state index contributed by atoms with van der Waals surface area (Å²) in [6.45, 7) is 3.53. The molecule has 4 nitrogen and oxygen atoms in total. The number of amides is 1. The van der Waals surface area contributed by atoms with E-state index in [9.17, 15) is 4.79 Å². The summed E-state index contributed by atoms with van der Waals surface area (Å²) in [5.74, 6) is -0.375. The summed E-state index contributed by atoms with van der Waals surface area (Å²) >= 11 is 1.42. The lowest BCUT2D eigenvalue weighted by atomic mass is 10.1. The molecule has 0 aliphatic rings. The molecule has 2 aromatic rings. The number of hydrogen-bond donors (Lipinski definition) is 3. The molecule has 19 heavy (non-hydrogen) atoms. The van der Waals surface area contributed by atoms with Gasteiger partial charge in [-0.25, -0.2) is 0 Å². The zero-order chi connectivity index (χ0) is 13.8. The summed E-state index contributed by atoms with van der Waals surface area (Å²) < 4.78 is 0. The molecule has 1 aromatic carbocycles. The Morgan fingerprint density at radius 1 is 1.32 bits per heavy atom. The molecular formula is C14H17N3OS. The van der Waals surface area contributed by atoms with E-state index in [4.69, 9.17) is 11.5 Å². The number of nitrogens with two attached hydrogens (primary N) is 2. The van der Waals surface area contributed by atoms with Crippen LogP contribution >= 0.6 is 11.3 Å². The van der Waals surface area contributed by atoms with Gasteiger partial charge in [-0.3, -0.25) is 4.79 Å². The molecule has 0 aliphatic carbocycles. The van der Waals surface area contributed by atoms with Gasteiger partial charge in [0.15, 0.2) is 0 Å². The van der Waals surface area contributed by atoms with E-state index < -0.39 is 0 Å². The van der Waals surface area contributed by atoms with Crippen LogP contribution in [-0.2, 0) is 6.54 Å². The molecule has 1 heterocycles. The van der Waals surface area contributed by atoms with Gasteiger partial charge in [0.25, 0.3) is 5.91 Å². The molecule has 1 amide bonds. The van der Waals surface area contributed by atoms with Crippen molar-refractivity contribution in [2.24, 2.45) is 5.73 Å². The Balaban J connectivity index is 2.36. The predicted octanol–water partition coefficient (Wildman–Crippen LogP) is 2.21. The van der Waals surface area contributed by atoms with Crippen molar-refractivity contribution in [3.05, 3.63) is 40.8 Å². The van der Waals surface area contributed by atoms with Gasteiger partial charge in [0, 0.05) is 17.1 Å². The smallest absolute Gasteiger partial charge is 0.259 e. The highest BCUT2D eigenvalue weighted by Crippen LogP contribution is 2.31. The minimum Gasteiger partial charge on any atom is -0.399 e. The van der Waals surface area contributed by atoms with Crippen molar-refractivity contribution < 1.29 is 4.79 Å². The van der Waals surface area contributed by atoms with Crippen LogP contribution in [0.1, 0.15) is 22.2 Å². The van der Waals surface area contributed by atoms with E-state index in [2.05, 4.69) is 5.32 Å². The summed E-state index contributed by atoms with van der Waals surface area (Å²) in [6.07, 6.45) is 0. The zero-order valence-corrected chi connectivity index (χ0v) is 11.6. The van der Waals surface area contributed by atoms with Gasteiger partial charge in [-0.2, -0.15) is 0 Å². The van der Waals surface area contributed by atoms with E-state index in [0.717, 1.165) is 28.2 Å².